The molecule has 5 nitrogen and oxygen atoms in total. The Morgan fingerprint density at radius 2 is 1.95 bits per heavy atom. The predicted octanol–water partition coefficient (Wildman–Crippen LogP) is 1.16. The summed E-state index contributed by atoms with van der Waals surface area (Å²) in [7, 11) is 0. The van der Waals surface area contributed by atoms with Crippen LogP contribution in [0.4, 0.5) is 0 Å². The Hall–Kier alpha value is -0.650. The Kier molecular flexibility index (Phi) is 6.75. The second kappa shape index (κ2) is 7.82. The van der Waals surface area contributed by atoms with Gasteiger partial charge in [0.05, 0.1) is 24.9 Å². The van der Waals surface area contributed by atoms with Crippen molar-refractivity contribution in [1.82, 2.24) is 4.90 Å². The summed E-state index contributed by atoms with van der Waals surface area (Å²) < 4.78 is 11.0. The lowest BCUT2D eigenvalue weighted by Gasteiger charge is -2.36. The molecule has 1 amide bonds. The number of amides is 1. The molecule has 5 heteroatoms. The normalized spacial score (nSPS) is 20.3. The van der Waals surface area contributed by atoms with Crippen LogP contribution in [0.15, 0.2) is 0 Å². The molecule has 0 aliphatic carbocycles. The maximum Gasteiger partial charge on any atom is 0.242 e. The molecule has 1 atom stereocenters. The Balaban J connectivity index is 2.27. The molecule has 1 rings (SSSR count). The topological polar surface area (TPSA) is 64.8 Å². The van der Waals surface area contributed by atoms with Gasteiger partial charge in [-0.15, -0.1) is 0 Å². The van der Waals surface area contributed by atoms with Crippen molar-refractivity contribution in [2.75, 3.05) is 32.9 Å². The first kappa shape index (κ1) is 16.4. The number of rotatable bonds is 7. The zero-order valence-corrected chi connectivity index (χ0v) is 12.5. The van der Waals surface area contributed by atoms with Crippen LogP contribution in [-0.2, 0) is 14.3 Å². The maximum atomic E-state index is 12.2. The molecule has 1 heterocycles. The van der Waals surface area contributed by atoms with E-state index in [9.17, 15) is 4.79 Å². The van der Waals surface area contributed by atoms with E-state index < -0.39 is 5.54 Å². The minimum Gasteiger partial charge on any atom is -0.379 e. The fourth-order valence-corrected chi connectivity index (χ4v) is 2.16. The summed E-state index contributed by atoms with van der Waals surface area (Å²) in [5.41, 5.74) is 5.27. The van der Waals surface area contributed by atoms with E-state index in [-0.39, 0.29) is 12.0 Å². The molecule has 0 aromatic heterocycles. The Morgan fingerprint density at radius 1 is 1.32 bits per heavy atom. The van der Waals surface area contributed by atoms with Gasteiger partial charge in [-0.25, -0.2) is 0 Å². The fraction of sp³-hybridized carbons (Fsp3) is 0.929. The predicted molar refractivity (Wildman–Crippen MR) is 74.9 cm³/mol. The fourth-order valence-electron chi connectivity index (χ4n) is 2.16. The van der Waals surface area contributed by atoms with E-state index in [0.717, 1.165) is 32.5 Å². The molecule has 0 radical (unpaired) electrons. The van der Waals surface area contributed by atoms with Crippen LogP contribution < -0.4 is 5.73 Å². The number of likely N-dealkylation sites (tertiary alicyclic amines) is 1. The Morgan fingerprint density at radius 3 is 2.47 bits per heavy atom. The van der Waals surface area contributed by atoms with Crippen LogP contribution in [0, 0.1) is 0 Å². The molecule has 19 heavy (non-hydrogen) atoms. The van der Waals surface area contributed by atoms with Gasteiger partial charge < -0.3 is 20.1 Å². The molecular weight excluding hydrogens is 244 g/mol. The average molecular weight is 272 g/mol. The van der Waals surface area contributed by atoms with E-state index >= 15 is 0 Å². The van der Waals surface area contributed by atoms with Crippen molar-refractivity contribution in [3.63, 3.8) is 0 Å². The second-order valence-corrected chi connectivity index (χ2v) is 5.33. The van der Waals surface area contributed by atoms with Crippen LogP contribution in [0.1, 0.15) is 40.0 Å². The van der Waals surface area contributed by atoms with E-state index in [4.69, 9.17) is 15.2 Å². The van der Waals surface area contributed by atoms with Crippen molar-refractivity contribution >= 4 is 5.91 Å². The molecule has 0 bridgehead atoms. The zero-order valence-electron chi connectivity index (χ0n) is 12.5. The average Bonchev–Trinajstić information content (AvgIpc) is 2.43. The Labute approximate surface area is 116 Å². The first-order valence-electron chi connectivity index (χ1n) is 7.28. The van der Waals surface area contributed by atoms with Crippen molar-refractivity contribution in [2.24, 2.45) is 5.73 Å². The molecule has 0 saturated carbocycles. The van der Waals surface area contributed by atoms with Crippen LogP contribution in [0.3, 0.4) is 0 Å². The van der Waals surface area contributed by atoms with E-state index in [1.165, 1.54) is 0 Å². The van der Waals surface area contributed by atoms with E-state index in [1.807, 2.05) is 18.7 Å². The van der Waals surface area contributed by atoms with Gasteiger partial charge in [0.25, 0.3) is 0 Å². The smallest absolute Gasteiger partial charge is 0.242 e. The quantitative estimate of drug-likeness (QED) is 0.706. The third-order valence-electron chi connectivity index (χ3n) is 3.74. The lowest BCUT2D eigenvalue weighted by molar-refractivity contribution is -0.139. The molecule has 1 fully saturated rings. The highest BCUT2D eigenvalue weighted by Crippen LogP contribution is 2.18. The van der Waals surface area contributed by atoms with Crippen LogP contribution in [0.2, 0.25) is 0 Å². The Bertz CT molecular complexity index is 274. The first-order valence-corrected chi connectivity index (χ1v) is 7.28. The molecule has 112 valence electrons. The largest absolute Gasteiger partial charge is 0.379 e. The van der Waals surface area contributed by atoms with Gasteiger partial charge in [-0.3, -0.25) is 4.79 Å². The van der Waals surface area contributed by atoms with E-state index in [1.54, 1.807) is 6.92 Å². The number of hydrogen-bond donors (Lipinski definition) is 1. The van der Waals surface area contributed by atoms with Gasteiger partial charge in [0, 0.05) is 19.7 Å². The lowest BCUT2D eigenvalue weighted by Crippen LogP contribution is -2.55. The highest BCUT2D eigenvalue weighted by molar-refractivity contribution is 5.85. The molecule has 1 saturated heterocycles. The summed E-state index contributed by atoms with van der Waals surface area (Å²) in [6, 6.07) is 0. The van der Waals surface area contributed by atoms with E-state index in [2.05, 4.69) is 0 Å². The van der Waals surface area contributed by atoms with Crippen LogP contribution in [0.25, 0.3) is 0 Å². The van der Waals surface area contributed by atoms with Gasteiger partial charge in [0.1, 0.15) is 0 Å². The van der Waals surface area contributed by atoms with Crippen molar-refractivity contribution in [1.29, 1.82) is 0 Å². The van der Waals surface area contributed by atoms with Gasteiger partial charge >= 0.3 is 0 Å². The molecule has 0 spiro atoms. The SMILES string of the molecule is CCOCCOC1CCN(C(=O)C(C)(N)CC)CC1. The van der Waals surface area contributed by atoms with Crippen molar-refractivity contribution in [2.45, 2.75) is 51.7 Å². The summed E-state index contributed by atoms with van der Waals surface area (Å²) >= 11 is 0. The monoisotopic (exact) mass is 272 g/mol. The van der Waals surface area contributed by atoms with Gasteiger partial charge in [-0.2, -0.15) is 0 Å². The number of carbonyl (C=O) groups is 1. The lowest BCUT2D eigenvalue weighted by atomic mass is 9.96. The highest BCUT2D eigenvalue weighted by atomic mass is 16.5. The molecule has 1 aliphatic rings. The van der Waals surface area contributed by atoms with Gasteiger partial charge in [0.15, 0.2) is 0 Å². The number of ether oxygens (including phenoxy) is 2. The van der Waals surface area contributed by atoms with Crippen LogP contribution in [0.5, 0.6) is 0 Å². The zero-order chi connectivity index (χ0) is 14.3. The molecule has 0 aromatic carbocycles. The van der Waals surface area contributed by atoms with Gasteiger partial charge in [-0.1, -0.05) is 6.92 Å². The molecule has 0 aromatic rings. The van der Waals surface area contributed by atoms with Crippen LogP contribution >= 0.6 is 0 Å². The number of piperidine rings is 1. The summed E-state index contributed by atoms with van der Waals surface area (Å²) in [5.74, 6) is 0.0581. The van der Waals surface area contributed by atoms with Crippen molar-refractivity contribution in [3.8, 4) is 0 Å². The molecule has 1 unspecified atom stereocenters. The number of nitrogens with zero attached hydrogens (tertiary/aromatic N) is 1. The standard InChI is InChI=1S/C14H28N2O3/c1-4-14(3,15)13(17)16-8-6-12(7-9-16)19-11-10-18-5-2/h12H,4-11,15H2,1-3H3. The summed E-state index contributed by atoms with van der Waals surface area (Å²) in [4.78, 5) is 14.1. The minimum atomic E-state index is -0.733. The third kappa shape index (κ3) is 5.09. The highest BCUT2D eigenvalue weighted by Gasteiger charge is 2.33. The summed E-state index contributed by atoms with van der Waals surface area (Å²) in [6.07, 6.45) is 2.68. The second-order valence-electron chi connectivity index (χ2n) is 5.33. The molecule has 2 N–H and O–H groups in total. The maximum absolute atomic E-state index is 12.2. The number of carbonyl (C=O) groups excluding carboxylic acids is 1. The summed E-state index contributed by atoms with van der Waals surface area (Å²) in [6.45, 7) is 9.21. The minimum absolute atomic E-state index is 0.0581. The number of nitrogens with two attached hydrogens (primary N) is 1. The van der Waals surface area contributed by atoms with Gasteiger partial charge in [0.2, 0.25) is 5.91 Å². The molecular formula is C14H28N2O3. The third-order valence-corrected chi connectivity index (χ3v) is 3.74. The van der Waals surface area contributed by atoms with Crippen molar-refractivity contribution < 1.29 is 14.3 Å². The number of hydrogen-bond acceptors (Lipinski definition) is 4. The summed E-state index contributed by atoms with van der Waals surface area (Å²) in [5, 5.41) is 0. The van der Waals surface area contributed by atoms with Crippen molar-refractivity contribution in [3.05, 3.63) is 0 Å². The first-order chi connectivity index (χ1) is 9.01. The van der Waals surface area contributed by atoms with Gasteiger partial charge in [-0.05, 0) is 33.1 Å². The van der Waals surface area contributed by atoms with E-state index in [0.29, 0.717) is 19.6 Å². The molecule has 1 aliphatic heterocycles. The van der Waals surface area contributed by atoms with Crippen LogP contribution in [-0.4, -0.2) is 55.4 Å².